The van der Waals surface area contributed by atoms with Crippen LogP contribution in [-0.4, -0.2) is 14.5 Å². The number of fused-ring (bicyclic) bond motifs is 1. The molecule has 0 amide bonds. The first-order valence-electron chi connectivity index (χ1n) is 7.87. The van der Waals surface area contributed by atoms with Gasteiger partial charge in [0.25, 0.3) is 0 Å². The van der Waals surface area contributed by atoms with E-state index >= 15 is 0 Å². The number of hydrogen-bond donors (Lipinski definition) is 0. The van der Waals surface area contributed by atoms with Crippen LogP contribution in [0.15, 0.2) is 77.5 Å². The fourth-order valence-electron chi connectivity index (χ4n) is 2.85. The second-order valence-electron chi connectivity index (χ2n) is 5.77. The van der Waals surface area contributed by atoms with Crippen molar-refractivity contribution in [2.24, 2.45) is 0 Å². The minimum absolute atomic E-state index is 0.728. The molecule has 3 nitrogen and oxygen atoms in total. The highest BCUT2D eigenvalue weighted by Gasteiger charge is 2.07. The molecule has 4 aromatic rings. The van der Waals surface area contributed by atoms with Crippen molar-refractivity contribution in [2.75, 3.05) is 0 Å². The van der Waals surface area contributed by atoms with E-state index in [0.717, 1.165) is 34.5 Å². The van der Waals surface area contributed by atoms with E-state index in [-0.39, 0.29) is 0 Å². The quantitative estimate of drug-likeness (QED) is 0.509. The maximum Gasteiger partial charge on any atom is 0.114 e. The van der Waals surface area contributed by atoms with Crippen LogP contribution < -0.4 is 0 Å². The predicted octanol–water partition coefficient (Wildman–Crippen LogP) is 4.83. The largest absolute Gasteiger partial charge is 0.330 e. The summed E-state index contributed by atoms with van der Waals surface area (Å²) in [5, 5.41) is 1.17. The molecule has 4 heteroatoms. The smallest absolute Gasteiger partial charge is 0.114 e. The molecule has 0 saturated heterocycles. The number of aromatic nitrogens is 3. The average Bonchev–Trinajstić information content (AvgIpc) is 3.01. The van der Waals surface area contributed by atoms with E-state index < -0.39 is 0 Å². The van der Waals surface area contributed by atoms with E-state index in [2.05, 4.69) is 61.9 Å². The molecule has 0 spiro atoms. The first kappa shape index (κ1) is 15.1. The van der Waals surface area contributed by atoms with Crippen molar-refractivity contribution in [3.05, 3.63) is 94.6 Å². The third kappa shape index (κ3) is 3.24. The Bertz CT molecular complexity index is 991. The third-order valence-corrected chi connectivity index (χ3v) is 4.53. The summed E-state index contributed by atoms with van der Waals surface area (Å²) in [4.78, 5) is 9.27. The first-order chi connectivity index (χ1) is 11.8. The summed E-state index contributed by atoms with van der Waals surface area (Å²) >= 11 is 3.53. The van der Waals surface area contributed by atoms with Gasteiger partial charge < -0.3 is 4.57 Å². The summed E-state index contributed by atoms with van der Waals surface area (Å²) in [7, 11) is 0. The summed E-state index contributed by atoms with van der Waals surface area (Å²) < 4.78 is 3.27. The molecule has 0 N–H and O–H groups in total. The molecule has 2 aromatic heterocycles. The Kier molecular flexibility index (Phi) is 4.13. The Hall–Kier alpha value is -2.46. The molecule has 0 radical (unpaired) electrons. The molecule has 24 heavy (non-hydrogen) atoms. The van der Waals surface area contributed by atoms with Gasteiger partial charge >= 0.3 is 0 Å². The number of imidazole rings is 1. The lowest BCUT2D eigenvalue weighted by Crippen LogP contribution is -2.06. The van der Waals surface area contributed by atoms with Crippen LogP contribution in [0.2, 0.25) is 0 Å². The van der Waals surface area contributed by atoms with E-state index in [1.807, 2.05) is 36.7 Å². The van der Waals surface area contributed by atoms with E-state index in [9.17, 15) is 0 Å². The SMILES string of the molecule is Brc1cccc(Cn2ccnc2Cc2ccc3ccccc3n2)c1. The molecule has 0 aliphatic carbocycles. The van der Waals surface area contributed by atoms with Crippen LogP contribution in [0.1, 0.15) is 17.1 Å². The molecule has 0 aliphatic heterocycles. The van der Waals surface area contributed by atoms with Gasteiger partial charge in [-0.15, -0.1) is 0 Å². The second kappa shape index (κ2) is 6.57. The van der Waals surface area contributed by atoms with Crippen LogP contribution >= 0.6 is 15.9 Å². The van der Waals surface area contributed by atoms with Crippen molar-refractivity contribution < 1.29 is 0 Å². The number of halogens is 1. The fourth-order valence-corrected chi connectivity index (χ4v) is 3.30. The monoisotopic (exact) mass is 377 g/mol. The first-order valence-corrected chi connectivity index (χ1v) is 8.66. The van der Waals surface area contributed by atoms with Gasteiger partial charge in [-0.1, -0.05) is 52.3 Å². The molecule has 0 atom stereocenters. The van der Waals surface area contributed by atoms with Crippen LogP contribution in [0.25, 0.3) is 10.9 Å². The zero-order chi connectivity index (χ0) is 16.4. The lowest BCUT2D eigenvalue weighted by atomic mass is 10.1. The number of nitrogens with zero attached hydrogens (tertiary/aromatic N) is 3. The van der Waals surface area contributed by atoms with Crippen molar-refractivity contribution in [1.82, 2.24) is 14.5 Å². The zero-order valence-electron chi connectivity index (χ0n) is 13.1. The summed E-state index contributed by atoms with van der Waals surface area (Å²) in [5.41, 5.74) is 3.31. The molecule has 118 valence electrons. The standard InChI is InChI=1S/C20H16BrN3/c21-17-6-3-4-15(12-17)14-24-11-10-22-20(24)13-18-9-8-16-5-1-2-7-19(16)23-18/h1-12H,13-14H2. The number of hydrogen-bond acceptors (Lipinski definition) is 2. The average molecular weight is 378 g/mol. The highest BCUT2D eigenvalue weighted by atomic mass is 79.9. The van der Waals surface area contributed by atoms with Crippen LogP contribution in [0.5, 0.6) is 0 Å². The van der Waals surface area contributed by atoms with Crippen LogP contribution in [0, 0.1) is 0 Å². The summed E-state index contributed by atoms with van der Waals surface area (Å²) in [6, 6.07) is 20.8. The molecule has 0 fully saturated rings. The number of benzene rings is 2. The van der Waals surface area contributed by atoms with Gasteiger partial charge in [0.15, 0.2) is 0 Å². The molecular formula is C20H16BrN3. The number of pyridine rings is 1. The molecular weight excluding hydrogens is 362 g/mol. The molecule has 2 heterocycles. The lowest BCUT2D eigenvalue weighted by molar-refractivity contribution is 0.736. The van der Waals surface area contributed by atoms with Crippen LogP contribution in [0.4, 0.5) is 0 Å². The van der Waals surface area contributed by atoms with Crippen molar-refractivity contribution >= 4 is 26.8 Å². The summed E-state index contributed by atoms with van der Waals surface area (Å²) in [6.07, 6.45) is 4.61. The molecule has 2 aromatic carbocycles. The fraction of sp³-hybridized carbons (Fsp3) is 0.100. The highest BCUT2D eigenvalue weighted by molar-refractivity contribution is 9.10. The predicted molar refractivity (Wildman–Crippen MR) is 100 cm³/mol. The van der Waals surface area contributed by atoms with E-state index in [1.165, 1.54) is 10.9 Å². The lowest BCUT2D eigenvalue weighted by Gasteiger charge is -2.09. The zero-order valence-corrected chi connectivity index (χ0v) is 14.6. The maximum atomic E-state index is 4.75. The van der Waals surface area contributed by atoms with Crippen molar-refractivity contribution in [3.8, 4) is 0 Å². The Balaban J connectivity index is 1.59. The van der Waals surface area contributed by atoms with E-state index in [4.69, 9.17) is 4.98 Å². The van der Waals surface area contributed by atoms with Gasteiger partial charge in [0.1, 0.15) is 5.82 Å². The maximum absolute atomic E-state index is 4.75. The van der Waals surface area contributed by atoms with E-state index in [0.29, 0.717) is 0 Å². The minimum Gasteiger partial charge on any atom is -0.330 e. The molecule has 0 bridgehead atoms. The molecule has 0 aliphatic rings. The van der Waals surface area contributed by atoms with Crippen LogP contribution in [-0.2, 0) is 13.0 Å². The second-order valence-corrected chi connectivity index (χ2v) is 6.69. The van der Waals surface area contributed by atoms with Crippen molar-refractivity contribution in [1.29, 1.82) is 0 Å². The number of rotatable bonds is 4. The Labute approximate surface area is 149 Å². The molecule has 4 rings (SSSR count). The minimum atomic E-state index is 0.728. The number of para-hydroxylation sites is 1. The van der Waals surface area contributed by atoms with Gasteiger partial charge in [-0.2, -0.15) is 0 Å². The van der Waals surface area contributed by atoms with Gasteiger partial charge in [-0.05, 0) is 29.8 Å². The van der Waals surface area contributed by atoms with Gasteiger partial charge in [-0.3, -0.25) is 4.98 Å². The Morgan fingerprint density at radius 2 is 1.88 bits per heavy atom. The van der Waals surface area contributed by atoms with Crippen LogP contribution in [0.3, 0.4) is 0 Å². The van der Waals surface area contributed by atoms with Gasteiger partial charge in [0.2, 0.25) is 0 Å². The van der Waals surface area contributed by atoms with Gasteiger partial charge in [0.05, 0.1) is 5.52 Å². The summed E-state index contributed by atoms with van der Waals surface area (Å²) in [5.74, 6) is 1.03. The normalized spacial score (nSPS) is 11.0. The Morgan fingerprint density at radius 1 is 0.958 bits per heavy atom. The molecule has 0 unspecified atom stereocenters. The highest BCUT2D eigenvalue weighted by Crippen LogP contribution is 2.16. The van der Waals surface area contributed by atoms with Gasteiger partial charge in [0, 0.05) is 40.9 Å². The summed E-state index contributed by atoms with van der Waals surface area (Å²) in [6.45, 7) is 0.808. The Morgan fingerprint density at radius 3 is 2.79 bits per heavy atom. The third-order valence-electron chi connectivity index (χ3n) is 4.04. The van der Waals surface area contributed by atoms with Crippen molar-refractivity contribution in [2.45, 2.75) is 13.0 Å². The van der Waals surface area contributed by atoms with E-state index in [1.54, 1.807) is 0 Å². The molecule has 0 saturated carbocycles. The topological polar surface area (TPSA) is 30.7 Å². The van der Waals surface area contributed by atoms with Crippen molar-refractivity contribution in [3.63, 3.8) is 0 Å². The van der Waals surface area contributed by atoms with Gasteiger partial charge in [-0.25, -0.2) is 4.98 Å².